The van der Waals surface area contributed by atoms with Crippen molar-refractivity contribution in [1.29, 1.82) is 0 Å². The summed E-state index contributed by atoms with van der Waals surface area (Å²) in [6.07, 6.45) is 11.0. The summed E-state index contributed by atoms with van der Waals surface area (Å²) in [5.74, 6) is -0.140. The van der Waals surface area contributed by atoms with E-state index in [0.717, 1.165) is 43.8 Å². The Balaban J connectivity index is 2.96. The van der Waals surface area contributed by atoms with E-state index in [9.17, 15) is 9.59 Å². The molecule has 0 fully saturated rings. The Hall–Kier alpha value is -0.703. The second-order valence-corrected chi connectivity index (χ2v) is 12.0. The minimum Gasteiger partial charge on any atom is -0.291 e. The summed E-state index contributed by atoms with van der Waals surface area (Å²) in [5.41, 5.74) is 0.0772. The predicted molar refractivity (Wildman–Crippen MR) is 92.4 cm³/mol. The van der Waals surface area contributed by atoms with Crippen molar-refractivity contribution >= 4 is 19.6 Å². The maximum atomic E-state index is 12.7. The van der Waals surface area contributed by atoms with Crippen molar-refractivity contribution in [1.82, 2.24) is 0 Å². The first-order chi connectivity index (χ1) is 10.1. The lowest BCUT2D eigenvalue weighted by molar-refractivity contribution is -0.136. The van der Waals surface area contributed by atoms with Gasteiger partial charge in [-0.3, -0.25) is 9.59 Å². The highest BCUT2D eigenvalue weighted by Crippen LogP contribution is 2.38. The molecule has 0 heterocycles. The number of hydrogen-bond acceptors (Lipinski definition) is 2. The minimum atomic E-state index is -1.63. The quantitative estimate of drug-likeness (QED) is 0.401. The molecule has 0 aromatic rings. The second kappa shape index (κ2) is 9.34. The molecule has 1 atom stereocenters. The molecule has 21 heavy (non-hydrogen) atoms. The molecular weight excluding hydrogens is 276 g/mol. The summed E-state index contributed by atoms with van der Waals surface area (Å²) < 4.78 is 0. The number of rotatable bonds is 4. The van der Waals surface area contributed by atoms with Crippen LogP contribution in [0.25, 0.3) is 0 Å². The summed E-state index contributed by atoms with van der Waals surface area (Å²) in [6, 6.07) is 3.39. The van der Waals surface area contributed by atoms with Crippen LogP contribution >= 0.6 is 0 Å². The Labute approximate surface area is 131 Å². The van der Waals surface area contributed by atoms with Crippen LogP contribution in [0.3, 0.4) is 0 Å². The molecule has 0 amide bonds. The SMILES string of the molecule is CC[Si](CC)(CC)C1CCCCCC=CCCC(=O)C1=O. The van der Waals surface area contributed by atoms with E-state index in [2.05, 4.69) is 32.9 Å². The Morgan fingerprint density at radius 2 is 1.57 bits per heavy atom. The standard InChI is InChI=1S/C18H32O2Si/c1-4-21(5-2,6-3)17-15-13-11-9-7-8-10-12-14-16(19)18(17)20/h8,10,17H,4-7,9,11-15H2,1-3H3. The Morgan fingerprint density at radius 1 is 0.952 bits per heavy atom. The number of allylic oxidation sites excluding steroid dienone is 2. The zero-order valence-corrected chi connectivity index (χ0v) is 15.1. The number of ketones is 2. The normalized spacial score (nSPS) is 22.7. The molecule has 0 bridgehead atoms. The molecule has 0 aromatic carbocycles. The molecule has 1 aliphatic rings. The van der Waals surface area contributed by atoms with Gasteiger partial charge in [-0.1, -0.05) is 63.9 Å². The molecule has 0 saturated heterocycles. The lowest BCUT2D eigenvalue weighted by Crippen LogP contribution is -2.43. The van der Waals surface area contributed by atoms with E-state index in [0.29, 0.717) is 6.42 Å². The van der Waals surface area contributed by atoms with Crippen molar-refractivity contribution in [2.45, 2.75) is 89.4 Å². The molecule has 0 aromatic heterocycles. The van der Waals surface area contributed by atoms with Gasteiger partial charge in [0.25, 0.3) is 0 Å². The molecule has 0 saturated carbocycles. The van der Waals surface area contributed by atoms with Gasteiger partial charge in [0.2, 0.25) is 0 Å². The third-order valence-corrected chi connectivity index (χ3v) is 11.8. The fourth-order valence-electron chi connectivity index (χ4n) is 3.76. The van der Waals surface area contributed by atoms with Gasteiger partial charge >= 0.3 is 0 Å². The largest absolute Gasteiger partial charge is 0.291 e. The van der Waals surface area contributed by atoms with E-state index < -0.39 is 8.07 Å². The molecular formula is C18H32O2Si. The van der Waals surface area contributed by atoms with Crippen molar-refractivity contribution < 1.29 is 9.59 Å². The lowest BCUT2D eigenvalue weighted by atomic mass is 10.0. The number of Topliss-reactive ketones (excluding diaryl/α,β-unsaturated/α-hetero) is 2. The van der Waals surface area contributed by atoms with Gasteiger partial charge < -0.3 is 0 Å². The number of hydrogen-bond donors (Lipinski definition) is 0. The van der Waals surface area contributed by atoms with Crippen LogP contribution in [0.4, 0.5) is 0 Å². The minimum absolute atomic E-state index is 0.0267. The highest BCUT2D eigenvalue weighted by molar-refractivity contribution is 6.85. The van der Waals surface area contributed by atoms with Gasteiger partial charge in [-0.2, -0.15) is 0 Å². The van der Waals surface area contributed by atoms with Crippen LogP contribution in [0.1, 0.15) is 65.7 Å². The van der Waals surface area contributed by atoms with E-state index in [1.54, 1.807) is 0 Å². The summed E-state index contributed by atoms with van der Waals surface area (Å²) in [6.45, 7) is 6.70. The van der Waals surface area contributed by atoms with Crippen LogP contribution in [-0.2, 0) is 9.59 Å². The van der Waals surface area contributed by atoms with E-state index >= 15 is 0 Å². The van der Waals surface area contributed by atoms with Crippen molar-refractivity contribution in [2.75, 3.05) is 0 Å². The molecule has 1 unspecified atom stereocenters. The average molecular weight is 309 g/mol. The third-order valence-electron chi connectivity index (χ3n) is 5.51. The Morgan fingerprint density at radius 3 is 2.19 bits per heavy atom. The molecule has 0 N–H and O–H groups in total. The van der Waals surface area contributed by atoms with Gasteiger partial charge in [0, 0.05) is 12.0 Å². The Kier molecular flexibility index (Phi) is 8.16. The van der Waals surface area contributed by atoms with Crippen molar-refractivity contribution in [3.63, 3.8) is 0 Å². The van der Waals surface area contributed by atoms with Gasteiger partial charge in [0.05, 0.1) is 8.07 Å². The maximum Gasteiger partial charge on any atom is 0.198 e. The highest BCUT2D eigenvalue weighted by Gasteiger charge is 2.42. The number of carbonyl (C=O) groups is 2. The summed E-state index contributed by atoms with van der Waals surface area (Å²) in [5, 5.41) is 0. The van der Waals surface area contributed by atoms with Gasteiger partial charge in [-0.25, -0.2) is 0 Å². The smallest absolute Gasteiger partial charge is 0.198 e. The van der Waals surface area contributed by atoms with Crippen LogP contribution in [0.5, 0.6) is 0 Å². The van der Waals surface area contributed by atoms with Crippen molar-refractivity contribution in [3.05, 3.63) is 12.2 Å². The lowest BCUT2D eigenvalue weighted by Gasteiger charge is -2.36. The fourth-order valence-corrected chi connectivity index (χ4v) is 8.27. The second-order valence-electron chi connectivity index (χ2n) is 6.41. The molecule has 3 heteroatoms. The van der Waals surface area contributed by atoms with Crippen molar-refractivity contribution in [2.24, 2.45) is 0 Å². The highest BCUT2D eigenvalue weighted by atomic mass is 28.3. The molecule has 1 aliphatic carbocycles. The van der Waals surface area contributed by atoms with Crippen LogP contribution in [0.15, 0.2) is 12.2 Å². The molecule has 120 valence electrons. The molecule has 0 spiro atoms. The van der Waals surface area contributed by atoms with Crippen LogP contribution in [0.2, 0.25) is 23.7 Å². The predicted octanol–water partition coefficient (Wildman–Crippen LogP) is 5.30. The zero-order chi connectivity index (χ0) is 15.7. The van der Waals surface area contributed by atoms with Crippen molar-refractivity contribution in [3.8, 4) is 0 Å². The van der Waals surface area contributed by atoms with Crippen LogP contribution in [-0.4, -0.2) is 19.6 Å². The first-order valence-electron chi connectivity index (χ1n) is 8.83. The number of carbonyl (C=O) groups excluding carboxylic acids is 2. The van der Waals surface area contributed by atoms with E-state index in [1.807, 2.05) is 0 Å². The van der Waals surface area contributed by atoms with Gasteiger partial charge in [0.15, 0.2) is 11.6 Å². The summed E-state index contributed by atoms with van der Waals surface area (Å²) in [4.78, 5) is 25.0. The topological polar surface area (TPSA) is 34.1 Å². The first-order valence-corrected chi connectivity index (χ1v) is 11.5. The van der Waals surface area contributed by atoms with Gasteiger partial charge in [-0.05, 0) is 25.7 Å². The first kappa shape index (κ1) is 18.3. The maximum absolute atomic E-state index is 12.7. The molecule has 2 nitrogen and oxygen atoms in total. The zero-order valence-electron chi connectivity index (χ0n) is 14.1. The van der Waals surface area contributed by atoms with E-state index in [1.165, 1.54) is 12.8 Å². The van der Waals surface area contributed by atoms with Crippen LogP contribution in [0, 0.1) is 0 Å². The average Bonchev–Trinajstić information content (AvgIpc) is 2.51. The molecule has 0 radical (unpaired) electrons. The van der Waals surface area contributed by atoms with Crippen LogP contribution < -0.4 is 0 Å². The fraction of sp³-hybridized carbons (Fsp3) is 0.778. The van der Waals surface area contributed by atoms with Gasteiger partial charge in [-0.15, -0.1) is 0 Å². The Bertz CT molecular complexity index is 361. The summed E-state index contributed by atoms with van der Waals surface area (Å²) >= 11 is 0. The summed E-state index contributed by atoms with van der Waals surface area (Å²) in [7, 11) is -1.63. The molecule has 1 rings (SSSR count). The van der Waals surface area contributed by atoms with Gasteiger partial charge in [0.1, 0.15) is 0 Å². The third kappa shape index (κ3) is 4.91. The van der Waals surface area contributed by atoms with E-state index in [-0.39, 0.29) is 17.1 Å². The van der Waals surface area contributed by atoms with E-state index in [4.69, 9.17) is 0 Å². The monoisotopic (exact) mass is 308 g/mol. The molecule has 0 aliphatic heterocycles.